The molecule has 0 atom stereocenters. The molecule has 1 aromatic rings. The van der Waals surface area contributed by atoms with Crippen LogP contribution in [-0.2, 0) is 23.8 Å². The zero-order valence-electron chi connectivity index (χ0n) is 10.9. The lowest BCUT2D eigenvalue weighted by Crippen LogP contribution is -2.19. The summed E-state index contributed by atoms with van der Waals surface area (Å²) in [5.74, 6) is -2.52. The standard InChI is InChI=1S/C14H14O5/c1-14(2)18-11(13(16)19-14)10(12(15)17-3)9-7-5-4-6-8-9/h4-8H,1-3H3. The summed E-state index contributed by atoms with van der Waals surface area (Å²) in [6.45, 7) is 3.19. The second-order valence-corrected chi connectivity index (χ2v) is 4.45. The molecule has 2 rings (SSSR count). The number of esters is 2. The summed E-state index contributed by atoms with van der Waals surface area (Å²) in [6.07, 6.45) is 0. The van der Waals surface area contributed by atoms with Gasteiger partial charge in [-0.1, -0.05) is 30.3 Å². The molecule has 0 N–H and O–H groups in total. The predicted molar refractivity (Wildman–Crippen MR) is 66.6 cm³/mol. The summed E-state index contributed by atoms with van der Waals surface area (Å²) >= 11 is 0. The first-order chi connectivity index (χ1) is 8.94. The van der Waals surface area contributed by atoms with Crippen LogP contribution in [0.4, 0.5) is 0 Å². The smallest absolute Gasteiger partial charge is 0.377 e. The number of methoxy groups -OCH3 is 1. The van der Waals surface area contributed by atoms with Gasteiger partial charge < -0.3 is 14.2 Å². The van der Waals surface area contributed by atoms with Crippen LogP contribution in [0.2, 0.25) is 0 Å². The number of cyclic esters (lactones) is 1. The van der Waals surface area contributed by atoms with Gasteiger partial charge in [0.05, 0.1) is 7.11 Å². The highest BCUT2D eigenvalue weighted by molar-refractivity contribution is 6.22. The topological polar surface area (TPSA) is 61.8 Å². The molecule has 0 spiro atoms. The molecular weight excluding hydrogens is 248 g/mol. The van der Waals surface area contributed by atoms with Gasteiger partial charge >= 0.3 is 11.9 Å². The Hall–Kier alpha value is -2.30. The third kappa shape index (κ3) is 2.59. The first-order valence-electron chi connectivity index (χ1n) is 5.75. The minimum Gasteiger partial charge on any atom is -0.465 e. The minimum atomic E-state index is -1.08. The molecule has 1 aromatic carbocycles. The van der Waals surface area contributed by atoms with Crippen molar-refractivity contribution >= 4 is 17.5 Å². The molecular formula is C14H14O5. The number of hydrogen-bond acceptors (Lipinski definition) is 5. The van der Waals surface area contributed by atoms with Crippen molar-refractivity contribution in [3.63, 3.8) is 0 Å². The normalized spacial score (nSPS) is 19.4. The molecule has 1 aliphatic rings. The zero-order valence-corrected chi connectivity index (χ0v) is 10.9. The average molecular weight is 262 g/mol. The first-order valence-corrected chi connectivity index (χ1v) is 5.75. The molecule has 0 amide bonds. The highest BCUT2D eigenvalue weighted by atomic mass is 16.8. The van der Waals surface area contributed by atoms with Gasteiger partial charge in [0.1, 0.15) is 5.57 Å². The molecule has 19 heavy (non-hydrogen) atoms. The van der Waals surface area contributed by atoms with Crippen LogP contribution in [0, 0.1) is 0 Å². The van der Waals surface area contributed by atoms with E-state index in [9.17, 15) is 9.59 Å². The van der Waals surface area contributed by atoms with Crippen LogP contribution in [0.1, 0.15) is 19.4 Å². The van der Waals surface area contributed by atoms with Crippen LogP contribution in [0.15, 0.2) is 36.1 Å². The fourth-order valence-electron chi connectivity index (χ4n) is 1.78. The van der Waals surface area contributed by atoms with E-state index in [2.05, 4.69) is 0 Å². The summed E-state index contributed by atoms with van der Waals surface area (Å²) in [7, 11) is 1.25. The third-order valence-corrected chi connectivity index (χ3v) is 2.55. The summed E-state index contributed by atoms with van der Waals surface area (Å²) in [5, 5.41) is 0. The lowest BCUT2D eigenvalue weighted by atomic mass is 10.0. The zero-order chi connectivity index (χ0) is 14.0. The van der Waals surface area contributed by atoms with Gasteiger partial charge in [-0.15, -0.1) is 0 Å². The highest BCUT2D eigenvalue weighted by Crippen LogP contribution is 2.32. The molecule has 0 radical (unpaired) electrons. The van der Waals surface area contributed by atoms with E-state index in [0.717, 1.165) is 0 Å². The monoisotopic (exact) mass is 262 g/mol. The maximum Gasteiger partial charge on any atom is 0.377 e. The van der Waals surface area contributed by atoms with Gasteiger partial charge in [0.25, 0.3) is 0 Å². The molecule has 0 bridgehead atoms. The maximum absolute atomic E-state index is 11.9. The van der Waals surface area contributed by atoms with Gasteiger partial charge in [0.2, 0.25) is 11.5 Å². The molecule has 0 unspecified atom stereocenters. The molecule has 5 heteroatoms. The fraction of sp³-hybridized carbons (Fsp3) is 0.286. The summed E-state index contributed by atoms with van der Waals surface area (Å²) in [6, 6.07) is 8.71. The number of carbonyl (C=O) groups is 2. The van der Waals surface area contributed by atoms with Crippen LogP contribution in [0.5, 0.6) is 0 Å². The van der Waals surface area contributed by atoms with E-state index in [1.807, 2.05) is 0 Å². The molecule has 1 fully saturated rings. The van der Waals surface area contributed by atoms with Crippen LogP contribution < -0.4 is 0 Å². The van der Waals surface area contributed by atoms with Crippen molar-refractivity contribution in [2.75, 3.05) is 7.11 Å². The van der Waals surface area contributed by atoms with Crippen molar-refractivity contribution in [2.45, 2.75) is 19.6 Å². The number of ether oxygens (including phenoxy) is 3. The van der Waals surface area contributed by atoms with Crippen molar-refractivity contribution in [3.05, 3.63) is 41.7 Å². The Balaban J connectivity index is 2.56. The van der Waals surface area contributed by atoms with E-state index >= 15 is 0 Å². The Bertz CT molecular complexity index is 542. The van der Waals surface area contributed by atoms with Crippen molar-refractivity contribution in [1.29, 1.82) is 0 Å². The number of rotatable bonds is 2. The quantitative estimate of drug-likeness (QED) is 0.601. The number of benzene rings is 1. The third-order valence-electron chi connectivity index (χ3n) is 2.55. The van der Waals surface area contributed by atoms with Gasteiger partial charge in [-0.3, -0.25) is 0 Å². The molecule has 5 nitrogen and oxygen atoms in total. The first kappa shape index (κ1) is 13.1. The Morgan fingerprint density at radius 2 is 1.79 bits per heavy atom. The summed E-state index contributed by atoms with van der Waals surface area (Å²) in [4.78, 5) is 23.7. The number of hydrogen-bond donors (Lipinski definition) is 0. The summed E-state index contributed by atoms with van der Waals surface area (Å²) < 4.78 is 15.2. The molecule has 1 aliphatic heterocycles. The van der Waals surface area contributed by atoms with Gasteiger partial charge in [0.15, 0.2) is 0 Å². The van der Waals surface area contributed by atoms with Gasteiger partial charge in [-0.2, -0.15) is 0 Å². The second kappa shape index (κ2) is 4.76. The molecule has 1 saturated heterocycles. The average Bonchev–Trinajstić information content (AvgIpc) is 2.64. The highest BCUT2D eigenvalue weighted by Gasteiger charge is 2.41. The van der Waals surface area contributed by atoms with Crippen molar-refractivity contribution in [2.24, 2.45) is 0 Å². The lowest BCUT2D eigenvalue weighted by Gasteiger charge is -2.15. The maximum atomic E-state index is 11.9. The van der Waals surface area contributed by atoms with Gasteiger partial charge in [-0.25, -0.2) is 9.59 Å². The largest absolute Gasteiger partial charge is 0.465 e. The molecule has 0 aromatic heterocycles. The fourth-order valence-corrected chi connectivity index (χ4v) is 1.78. The van der Waals surface area contributed by atoms with E-state index in [0.29, 0.717) is 5.56 Å². The van der Waals surface area contributed by atoms with E-state index in [1.54, 1.807) is 44.2 Å². The molecule has 0 saturated carbocycles. The van der Waals surface area contributed by atoms with Gasteiger partial charge in [0, 0.05) is 13.8 Å². The Kier molecular flexibility index (Phi) is 3.29. The van der Waals surface area contributed by atoms with E-state index in [-0.39, 0.29) is 11.3 Å². The van der Waals surface area contributed by atoms with Crippen molar-refractivity contribution in [1.82, 2.24) is 0 Å². The van der Waals surface area contributed by atoms with Crippen LogP contribution >= 0.6 is 0 Å². The van der Waals surface area contributed by atoms with E-state index in [1.165, 1.54) is 7.11 Å². The number of carbonyl (C=O) groups excluding carboxylic acids is 2. The summed E-state index contributed by atoms with van der Waals surface area (Å²) in [5.41, 5.74) is 0.609. The van der Waals surface area contributed by atoms with Crippen LogP contribution in [0.3, 0.4) is 0 Å². The molecule has 1 heterocycles. The van der Waals surface area contributed by atoms with Gasteiger partial charge in [-0.05, 0) is 5.56 Å². The minimum absolute atomic E-state index is 0.0682. The van der Waals surface area contributed by atoms with Crippen LogP contribution in [0.25, 0.3) is 5.57 Å². The Labute approximate surface area is 110 Å². The van der Waals surface area contributed by atoms with Crippen molar-refractivity contribution in [3.8, 4) is 0 Å². The molecule has 0 aliphatic carbocycles. The van der Waals surface area contributed by atoms with E-state index < -0.39 is 17.7 Å². The predicted octanol–water partition coefficient (Wildman–Crippen LogP) is 1.88. The lowest BCUT2D eigenvalue weighted by molar-refractivity contribution is -0.159. The second-order valence-electron chi connectivity index (χ2n) is 4.45. The Morgan fingerprint density at radius 1 is 1.16 bits per heavy atom. The Morgan fingerprint density at radius 3 is 2.26 bits per heavy atom. The van der Waals surface area contributed by atoms with Crippen LogP contribution in [-0.4, -0.2) is 24.8 Å². The SMILES string of the molecule is COC(=O)C(=C1OC(C)(C)OC1=O)c1ccccc1. The molecule has 100 valence electrons. The van der Waals surface area contributed by atoms with Crippen molar-refractivity contribution < 1.29 is 23.8 Å². The van der Waals surface area contributed by atoms with E-state index in [4.69, 9.17) is 14.2 Å².